The molecule has 1 aromatic carbocycles. The van der Waals surface area contributed by atoms with Crippen molar-refractivity contribution < 1.29 is 9.18 Å². The van der Waals surface area contributed by atoms with Crippen molar-refractivity contribution in [1.29, 1.82) is 0 Å². The van der Waals surface area contributed by atoms with Gasteiger partial charge in [-0.3, -0.25) is 4.79 Å². The van der Waals surface area contributed by atoms with Gasteiger partial charge in [-0.1, -0.05) is 0 Å². The van der Waals surface area contributed by atoms with Gasteiger partial charge in [-0.05, 0) is 43.7 Å². The van der Waals surface area contributed by atoms with Crippen molar-refractivity contribution in [3.05, 3.63) is 51.0 Å². The zero-order valence-corrected chi connectivity index (χ0v) is 10.4. The Kier molecular flexibility index (Phi) is 2.98. The topological polar surface area (TPSA) is 43.1 Å². The number of rotatable bonds is 2. The Morgan fingerprint density at radius 3 is 2.59 bits per heavy atom. The number of carbonyl (C=O) groups is 1. The fourth-order valence-electron chi connectivity index (χ4n) is 1.71. The second kappa shape index (κ2) is 4.30. The molecule has 1 aromatic heterocycles. The highest BCUT2D eigenvalue weighted by atomic mass is 32.1. The minimum absolute atomic E-state index is 0.211. The SMILES string of the molecule is Cc1cc(C)c(C(=O)c2cc(F)ccc2N)s1. The molecule has 2 N–H and O–H groups in total. The number of benzene rings is 1. The zero-order chi connectivity index (χ0) is 12.6. The summed E-state index contributed by atoms with van der Waals surface area (Å²) in [6.07, 6.45) is 0. The molecule has 0 bridgehead atoms. The lowest BCUT2D eigenvalue weighted by molar-refractivity contribution is 0.104. The summed E-state index contributed by atoms with van der Waals surface area (Å²) >= 11 is 1.40. The van der Waals surface area contributed by atoms with E-state index in [1.165, 1.54) is 29.5 Å². The summed E-state index contributed by atoms with van der Waals surface area (Å²) in [6.45, 7) is 3.80. The number of hydrogen-bond acceptors (Lipinski definition) is 3. The highest BCUT2D eigenvalue weighted by molar-refractivity contribution is 7.14. The van der Waals surface area contributed by atoms with Crippen molar-refractivity contribution in [2.45, 2.75) is 13.8 Å². The van der Waals surface area contributed by atoms with Crippen LogP contribution in [0.4, 0.5) is 10.1 Å². The van der Waals surface area contributed by atoms with E-state index in [0.29, 0.717) is 10.6 Å². The van der Waals surface area contributed by atoms with Gasteiger partial charge in [-0.15, -0.1) is 11.3 Å². The summed E-state index contributed by atoms with van der Waals surface area (Å²) in [6, 6.07) is 5.79. The molecule has 0 saturated carbocycles. The lowest BCUT2D eigenvalue weighted by Crippen LogP contribution is -2.05. The Hall–Kier alpha value is -1.68. The third-order valence-electron chi connectivity index (χ3n) is 2.51. The van der Waals surface area contributed by atoms with Gasteiger partial charge in [-0.2, -0.15) is 0 Å². The standard InChI is InChI=1S/C13H12FNOS/c1-7-5-8(2)17-13(7)12(16)10-6-9(14)3-4-11(10)15/h3-6H,15H2,1-2H3. The minimum atomic E-state index is -0.450. The average molecular weight is 249 g/mol. The fraction of sp³-hybridized carbons (Fsp3) is 0.154. The van der Waals surface area contributed by atoms with Crippen LogP contribution in [0.5, 0.6) is 0 Å². The number of aryl methyl sites for hydroxylation is 2. The van der Waals surface area contributed by atoms with Crippen LogP contribution < -0.4 is 5.73 Å². The quantitative estimate of drug-likeness (QED) is 0.655. The molecule has 2 nitrogen and oxygen atoms in total. The van der Waals surface area contributed by atoms with E-state index in [1.54, 1.807) is 0 Å². The molecule has 0 saturated heterocycles. The molecule has 0 unspecified atom stereocenters. The number of nitrogens with two attached hydrogens (primary N) is 1. The molecule has 88 valence electrons. The minimum Gasteiger partial charge on any atom is -0.398 e. The predicted octanol–water partition coefficient (Wildman–Crippen LogP) is 3.32. The number of ketones is 1. The van der Waals surface area contributed by atoms with Crippen molar-refractivity contribution in [2.75, 3.05) is 5.73 Å². The van der Waals surface area contributed by atoms with Crippen molar-refractivity contribution in [3.63, 3.8) is 0 Å². The molecular weight excluding hydrogens is 237 g/mol. The van der Waals surface area contributed by atoms with E-state index in [1.807, 2.05) is 19.9 Å². The van der Waals surface area contributed by atoms with E-state index in [-0.39, 0.29) is 11.3 Å². The van der Waals surface area contributed by atoms with Gasteiger partial charge >= 0.3 is 0 Å². The molecule has 1 heterocycles. The summed E-state index contributed by atoms with van der Waals surface area (Å²) < 4.78 is 13.1. The highest BCUT2D eigenvalue weighted by Crippen LogP contribution is 2.26. The van der Waals surface area contributed by atoms with Gasteiger partial charge in [0.1, 0.15) is 5.82 Å². The van der Waals surface area contributed by atoms with Crippen LogP contribution in [-0.2, 0) is 0 Å². The molecule has 0 spiro atoms. The maximum absolute atomic E-state index is 13.1. The van der Waals surface area contributed by atoms with E-state index in [9.17, 15) is 9.18 Å². The lowest BCUT2D eigenvalue weighted by Gasteiger charge is -2.04. The van der Waals surface area contributed by atoms with E-state index in [0.717, 1.165) is 10.4 Å². The number of carbonyl (C=O) groups excluding carboxylic acids is 1. The summed E-state index contributed by atoms with van der Waals surface area (Å²) in [5.41, 5.74) is 7.14. The van der Waals surface area contributed by atoms with Gasteiger partial charge in [0.05, 0.1) is 4.88 Å². The Morgan fingerprint density at radius 1 is 1.29 bits per heavy atom. The fourth-order valence-corrected chi connectivity index (χ4v) is 2.69. The molecule has 0 aliphatic carbocycles. The molecule has 0 atom stereocenters. The van der Waals surface area contributed by atoms with Crippen molar-refractivity contribution >= 4 is 22.8 Å². The van der Waals surface area contributed by atoms with Crippen LogP contribution in [0.25, 0.3) is 0 Å². The van der Waals surface area contributed by atoms with Gasteiger partial charge in [-0.25, -0.2) is 4.39 Å². The average Bonchev–Trinajstić information content (AvgIpc) is 2.60. The molecule has 0 aliphatic heterocycles. The largest absolute Gasteiger partial charge is 0.398 e. The van der Waals surface area contributed by atoms with E-state index >= 15 is 0 Å². The normalized spacial score (nSPS) is 10.5. The van der Waals surface area contributed by atoms with Gasteiger partial charge in [0.25, 0.3) is 0 Å². The number of anilines is 1. The summed E-state index contributed by atoms with van der Waals surface area (Å²) in [7, 11) is 0. The first-order chi connectivity index (χ1) is 7.99. The summed E-state index contributed by atoms with van der Waals surface area (Å²) in [5.74, 6) is -0.661. The molecule has 4 heteroatoms. The van der Waals surface area contributed by atoms with Crippen LogP contribution in [0, 0.1) is 19.7 Å². The molecule has 0 aliphatic rings. The molecule has 0 radical (unpaired) electrons. The summed E-state index contributed by atoms with van der Waals surface area (Å²) in [5, 5.41) is 0. The Morgan fingerprint density at radius 2 is 2.00 bits per heavy atom. The molecule has 17 heavy (non-hydrogen) atoms. The van der Waals surface area contributed by atoms with Crippen LogP contribution in [-0.4, -0.2) is 5.78 Å². The van der Waals surface area contributed by atoms with Crippen molar-refractivity contribution in [1.82, 2.24) is 0 Å². The van der Waals surface area contributed by atoms with E-state index in [2.05, 4.69) is 0 Å². The van der Waals surface area contributed by atoms with Crippen LogP contribution in [0.15, 0.2) is 24.3 Å². The first-order valence-electron chi connectivity index (χ1n) is 5.16. The Bertz CT molecular complexity index is 589. The predicted molar refractivity (Wildman–Crippen MR) is 68.0 cm³/mol. The molecule has 0 amide bonds. The third kappa shape index (κ3) is 2.22. The van der Waals surface area contributed by atoms with Crippen LogP contribution >= 0.6 is 11.3 Å². The van der Waals surface area contributed by atoms with Gasteiger partial charge in [0.15, 0.2) is 0 Å². The van der Waals surface area contributed by atoms with Crippen LogP contribution in [0.2, 0.25) is 0 Å². The van der Waals surface area contributed by atoms with Crippen LogP contribution in [0.1, 0.15) is 25.7 Å². The Balaban J connectivity index is 2.50. The number of nitrogen functional groups attached to an aromatic ring is 1. The van der Waals surface area contributed by atoms with Crippen molar-refractivity contribution in [3.8, 4) is 0 Å². The van der Waals surface area contributed by atoms with Gasteiger partial charge < -0.3 is 5.73 Å². The third-order valence-corrected chi connectivity index (χ3v) is 3.66. The zero-order valence-electron chi connectivity index (χ0n) is 9.58. The first-order valence-corrected chi connectivity index (χ1v) is 5.97. The van der Waals surface area contributed by atoms with Gasteiger partial charge in [0.2, 0.25) is 5.78 Å². The lowest BCUT2D eigenvalue weighted by atomic mass is 10.1. The summed E-state index contributed by atoms with van der Waals surface area (Å²) in [4.78, 5) is 13.9. The molecule has 0 fully saturated rings. The Labute approximate surface area is 103 Å². The smallest absolute Gasteiger partial charge is 0.205 e. The van der Waals surface area contributed by atoms with Crippen LogP contribution in [0.3, 0.4) is 0 Å². The number of hydrogen-bond donors (Lipinski definition) is 1. The monoisotopic (exact) mass is 249 g/mol. The number of thiophene rings is 1. The number of halogens is 1. The van der Waals surface area contributed by atoms with Gasteiger partial charge in [0, 0.05) is 16.1 Å². The molecular formula is C13H12FNOS. The molecule has 2 aromatic rings. The second-order valence-corrected chi connectivity index (χ2v) is 5.19. The van der Waals surface area contributed by atoms with Crippen molar-refractivity contribution in [2.24, 2.45) is 0 Å². The second-order valence-electron chi connectivity index (χ2n) is 3.93. The maximum Gasteiger partial charge on any atom is 0.205 e. The van der Waals surface area contributed by atoms with E-state index in [4.69, 9.17) is 5.73 Å². The maximum atomic E-state index is 13.1. The highest BCUT2D eigenvalue weighted by Gasteiger charge is 2.17. The molecule has 2 rings (SSSR count). The van der Waals surface area contributed by atoms with E-state index < -0.39 is 5.82 Å². The first kappa shape index (κ1) is 11.8.